The van der Waals surface area contributed by atoms with Crippen LogP contribution in [0.2, 0.25) is 0 Å². The minimum atomic E-state index is 0.459. The van der Waals surface area contributed by atoms with E-state index in [1.807, 2.05) is 11.0 Å². The van der Waals surface area contributed by atoms with Crippen molar-refractivity contribution in [2.75, 3.05) is 53.5 Å². The summed E-state index contributed by atoms with van der Waals surface area (Å²) in [6.45, 7) is 12.5. The Hall–Kier alpha value is -2.22. The van der Waals surface area contributed by atoms with Gasteiger partial charge in [0.05, 0.1) is 13.2 Å². The molecule has 0 spiro atoms. The van der Waals surface area contributed by atoms with Crippen molar-refractivity contribution in [2.45, 2.75) is 32.9 Å². The van der Waals surface area contributed by atoms with Crippen LogP contribution in [0.4, 0.5) is 0 Å². The fourth-order valence-corrected chi connectivity index (χ4v) is 4.15. The first-order chi connectivity index (χ1) is 14.5. The first-order valence-electron chi connectivity index (χ1n) is 11.0. The molecular formula is C23H34N6O. The molecule has 0 unspecified atom stereocenters. The molecule has 1 aromatic carbocycles. The van der Waals surface area contributed by atoms with Gasteiger partial charge in [-0.05, 0) is 36.7 Å². The van der Waals surface area contributed by atoms with Crippen LogP contribution in [0.15, 0.2) is 30.7 Å². The lowest BCUT2D eigenvalue weighted by molar-refractivity contribution is 0.149. The van der Waals surface area contributed by atoms with Crippen LogP contribution in [-0.2, 0) is 17.8 Å². The molecule has 0 N–H and O–H groups in total. The molecule has 1 fully saturated rings. The van der Waals surface area contributed by atoms with E-state index in [-0.39, 0.29) is 0 Å². The number of fused-ring (bicyclic) bond motifs is 1. The second kappa shape index (κ2) is 9.29. The highest BCUT2D eigenvalue weighted by Crippen LogP contribution is 2.30. The van der Waals surface area contributed by atoms with Crippen molar-refractivity contribution in [3.63, 3.8) is 0 Å². The Morgan fingerprint density at radius 2 is 1.87 bits per heavy atom. The molecule has 3 aromatic rings. The van der Waals surface area contributed by atoms with E-state index in [1.165, 1.54) is 16.5 Å². The SMILES string of the molecule is COCCn1cc(C(C)C)c2cc(-c3ncn(CCN4CCN(C)CC4)n3)ccc21. The van der Waals surface area contributed by atoms with Crippen molar-refractivity contribution in [1.29, 1.82) is 0 Å². The molecule has 3 heterocycles. The molecule has 7 nitrogen and oxygen atoms in total. The minimum Gasteiger partial charge on any atom is -0.383 e. The largest absolute Gasteiger partial charge is 0.383 e. The van der Waals surface area contributed by atoms with Gasteiger partial charge in [-0.1, -0.05) is 13.8 Å². The van der Waals surface area contributed by atoms with Gasteiger partial charge in [-0.25, -0.2) is 4.98 Å². The molecule has 0 amide bonds. The molecule has 0 saturated carbocycles. The lowest BCUT2D eigenvalue weighted by Gasteiger charge is -2.32. The molecule has 0 aliphatic carbocycles. The zero-order valence-corrected chi connectivity index (χ0v) is 18.7. The van der Waals surface area contributed by atoms with Gasteiger partial charge in [0.2, 0.25) is 0 Å². The van der Waals surface area contributed by atoms with Crippen LogP contribution in [0.25, 0.3) is 22.3 Å². The van der Waals surface area contributed by atoms with Crippen molar-refractivity contribution in [3.05, 3.63) is 36.3 Å². The number of nitrogens with zero attached hydrogens (tertiary/aromatic N) is 6. The molecule has 4 rings (SSSR count). The van der Waals surface area contributed by atoms with Gasteiger partial charge >= 0.3 is 0 Å². The topological polar surface area (TPSA) is 51.4 Å². The standard InChI is InChI=1S/C23H34N6O/c1-18(2)21-16-28(13-14-30-4)22-6-5-19(15-20(21)22)23-24-17-29(25-23)12-11-27-9-7-26(3)8-10-27/h5-6,15-18H,7-14H2,1-4H3. The Balaban J connectivity index is 1.51. The van der Waals surface area contributed by atoms with Gasteiger partial charge in [-0.15, -0.1) is 0 Å². The van der Waals surface area contributed by atoms with Crippen LogP contribution in [-0.4, -0.2) is 82.6 Å². The predicted molar refractivity (Wildman–Crippen MR) is 121 cm³/mol. The van der Waals surface area contributed by atoms with Crippen molar-refractivity contribution >= 4 is 10.9 Å². The summed E-state index contributed by atoms with van der Waals surface area (Å²) >= 11 is 0. The lowest BCUT2D eigenvalue weighted by Crippen LogP contribution is -2.45. The Labute approximate surface area is 179 Å². The van der Waals surface area contributed by atoms with Crippen molar-refractivity contribution in [2.24, 2.45) is 0 Å². The molecule has 1 aliphatic heterocycles. The number of piperazine rings is 1. The summed E-state index contributed by atoms with van der Waals surface area (Å²) in [6, 6.07) is 6.57. The third kappa shape index (κ3) is 4.58. The molecule has 0 radical (unpaired) electrons. The Bertz CT molecular complexity index is 967. The highest BCUT2D eigenvalue weighted by Gasteiger charge is 2.15. The number of rotatable bonds is 8. The van der Waals surface area contributed by atoms with Gasteiger partial charge in [-0.3, -0.25) is 9.58 Å². The number of likely N-dealkylation sites (N-methyl/N-ethyl adjacent to an activating group) is 1. The molecule has 0 bridgehead atoms. The quantitative estimate of drug-likeness (QED) is 0.572. The first kappa shape index (κ1) is 21.0. The van der Waals surface area contributed by atoms with Crippen molar-refractivity contribution in [3.8, 4) is 11.4 Å². The van der Waals surface area contributed by atoms with Crippen LogP contribution in [0, 0.1) is 0 Å². The molecule has 7 heteroatoms. The van der Waals surface area contributed by atoms with Gasteiger partial charge in [0.15, 0.2) is 5.82 Å². The van der Waals surface area contributed by atoms with Crippen LogP contribution < -0.4 is 0 Å². The van der Waals surface area contributed by atoms with Gasteiger partial charge in [0.25, 0.3) is 0 Å². The summed E-state index contributed by atoms with van der Waals surface area (Å²) in [7, 11) is 3.94. The molecule has 1 saturated heterocycles. The Kier molecular flexibility index (Phi) is 6.51. The van der Waals surface area contributed by atoms with Crippen LogP contribution in [0.5, 0.6) is 0 Å². The van der Waals surface area contributed by atoms with Gasteiger partial charge < -0.3 is 14.2 Å². The number of hydrogen-bond acceptors (Lipinski definition) is 5. The normalized spacial score (nSPS) is 16.2. The second-order valence-electron chi connectivity index (χ2n) is 8.63. The Morgan fingerprint density at radius 3 is 2.60 bits per heavy atom. The van der Waals surface area contributed by atoms with Gasteiger partial charge in [0.1, 0.15) is 6.33 Å². The number of ether oxygens (including phenoxy) is 1. The average Bonchev–Trinajstić information content (AvgIpc) is 3.36. The summed E-state index contributed by atoms with van der Waals surface area (Å²) in [5.41, 5.74) is 3.68. The van der Waals surface area contributed by atoms with E-state index in [2.05, 4.69) is 64.6 Å². The third-order valence-corrected chi connectivity index (χ3v) is 6.11. The number of hydrogen-bond donors (Lipinski definition) is 0. The monoisotopic (exact) mass is 410 g/mol. The maximum absolute atomic E-state index is 5.28. The van der Waals surface area contributed by atoms with E-state index >= 15 is 0 Å². The van der Waals surface area contributed by atoms with Gasteiger partial charge in [-0.2, -0.15) is 5.10 Å². The fraction of sp³-hybridized carbons (Fsp3) is 0.565. The molecule has 162 valence electrons. The molecule has 2 aromatic heterocycles. The van der Waals surface area contributed by atoms with E-state index < -0.39 is 0 Å². The summed E-state index contributed by atoms with van der Waals surface area (Å²) in [5, 5.41) is 6.04. The molecular weight excluding hydrogens is 376 g/mol. The average molecular weight is 411 g/mol. The lowest BCUT2D eigenvalue weighted by atomic mass is 10.0. The third-order valence-electron chi connectivity index (χ3n) is 6.11. The highest BCUT2D eigenvalue weighted by atomic mass is 16.5. The van der Waals surface area contributed by atoms with Crippen molar-refractivity contribution in [1.82, 2.24) is 29.1 Å². The number of aromatic nitrogens is 4. The van der Waals surface area contributed by atoms with Gasteiger partial charge in [0, 0.05) is 69.0 Å². The van der Waals surface area contributed by atoms with Crippen molar-refractivity contribution < 1.29 is 4.74 Å². The smallest absolute Gasteiger partial charge is 0.181 e. The maximum Gasteiger partial charge on any atom is 0.181 e. The summed E-state index contributed by atoms with van der Waals surface area (Å²) in [4.78, 5) is 9.49. The zero-order chi connectivity index (χ0) is 21.1. The fourth-order valence-electron chi connectivity index (χ4n) is 4.15. The molecule has 30 heavy (non-hydrogen) atoms. The highest BCUT2D eigenvalue weighted by molar-refractivity contribution is 5.88. The Morgan fingerprint density at radius 1 is 1.07 bits per heavy atom. The molecule has 0 atom stereocenters. The summed E-state index contributed by atoms with van der Waals surface area (Å²) in [5.74, 6) is 1.26. The van der Waals surface area contributed by atoms with Crippen LogP contribution in [0.1, 0.15) is 25.3 Å². The van der Waals surface area contributed by atoms with E-state index in [4.69, 9.17) is 9.84 Å². The summed E-state index contributed by atoms with van der Waals surface area (Å²) < 4.78 is 9.55. The van der Waals surface area contributed by atoms with Crippen LogP contribution >= 0.6 is 0 Å². The van der Waals surface area contributed by atoms with E-state index in [9.17, 15) is 0 Å². The number of benzene rings is 1. The van der Waals surface area contributed by atoms with E-state index in [1.54, 1.807) is 7.11 Å². The second-order valence-corrected chi connectivity index (χ2v) is 8.63. The maximum atomic E-state index is 5.28. The number of methoxy groups -OCH3 is 1. The first-order valence-corrected chi connectivity index (χ1v) is 11.0. The molecule has 1 aliphatic rings. The summed E-state index contributed by atoms with van der Waals surface area (Å²) in [6.07, 6.45) is 4.13. The van der Waals surface area contributed by atoms with Crippen LogP contribution in [0.3, 0.4) is 0 Å². The zero-order valence-electron chi connectivity index (χ0n) is 18.7. The minimum absolute atomic E-state index is 0.459. The predicted octanol–water partition coefficient (Wildman–Crippen LogP) is 2.92. The van der Waals surface area contributed by atoms with E-state index in [0.29, 0.717) is 12.5 Å². The van der Waals surface area contributed by atoms with E-state index in [0.717, 1.165) is 57.2 Å².